The summed E-state index contributed by atoms with van der Waals surface area (Å²) in [5.74, 6) is 0. The van der Waals surface area contributed by atoms with Gasteiger partial charge in [-0.1, -0.05) is 43.7 Å². The summed E-state index contributed by atoms with van der Waals surface area (Å²) >= 11 is 0. The zero-order valence-corrected chi connectivity index (χ0v) is 9.63. The molecule has 1 heterocycles. The molecule has 0 unspecified atom stereocenters. The van der Waals surface area contributed by atoms with Crippen molar-refractivity contribution in [2.24, 2.45) is 0 Å². The Balaban J connectivity index is 2.07. The van der Waals surface area contributed by atoms with E-state index >= 15 is 0 Å². The molecule has 1 nitrogen and oxygen atoms in total. The molecule has 1 aliphatic heterocycles. The molecule has 1 atom stereocenters. The lowest BCUT2D eigenvalue weighted by atomic mass is 9.85. The highest BCUT2D eigenvalue weighted by atomic mass is 15.0. The summed E-state index contributed by atoms with van der Waals surface area (Å²) in [6.07, 6.45) is 6.46. The van der Waals surface area contributed by atoms with E-state index in [2.05, 4.69) is 42.6 Å². The lowest BCUT2D eigenvalue weighted by Crippen LogP contribution is -2.41. The van der Waals surface area contributed by atoms with E-state index in [1.165, 1.54) is 44.2 Å². The standard InChI is InChI=1S/C14H21N/c1-2-9-14(10-6-11-15-14)12-13-7-4-3-5-8-13/h3-5,7-8,15H,2,6,9-12H2,1H3/t14-/m1/s1. The number of nitrogens with one attached hydrogen (secondary N) is 1. The van der Waals surface area contributed by atoms with Crippen molar-refractivity contribution in [1.82, 2.24) is 5.32 Å². The minimum atomic E-state index is 0.399. The first-order valence-corrected chi connectivity index (χ1v) is 6.14. The Kier molecular flexibility index (Phi) is 3.42. The van der Waals surface area contributed by atoms with Crippen molar-refractivity contribution >= 4 is 0 Å². The molecule has 0 amide bonds. The molecule has 0 aliphatic carbocycles. The molecule has 1 N–H and O–H groups in total. The van der Waals surface area contributed by atoms with Gasteiger partial charge in [-0.3, -0.25) is 0 Å². The van der Waals surface area contributed by atoms with E-state index in [0.717, 1.165) is 0 Å². The van der Waals surface area contributed by atoms with Crippen LogP contribution in [0.2, 0.25) is 0 Å². The van der Waals surface area contributed by atoms with Gasteiger partial charge in [0, 0.05) is 5.54 Å². The van der Waals surface area contributed by atoms with Crippen LogP contribution in [0.3, 0.4) is 0 Å². The smallest absolute Gasteiger partial charge is 0.0222 e. The lowest BCUT2D eigenvalue weighted by molar-refractivity contribution is 0.342. The van der Waals surface area contributed by atoms with Gasteiger partial charge in [-0.05, 0) is 37.8 Å². The van der Waals surface area contributed by atoms with Crippen molar-refractivity contribution in [1.29, 1.82) is 0 Å². The first-order chi connectivity index (χ1) is 7.35. The van der Waals surface area contributed by atoms with Crippen molar-refractivity contribution in [3.8, 4) is 0 Å². The van der Waals surface area contributed by atoms with Gasteiger partial charge < -0.3 is 5.32 Å². The Labute approximate surface area is 92.9 Å². The van der Waals surface area contributed by atoms with Crippen LogP contribution < -0.4 is 5.32 Å². The molecule has 1 heteroatoms. The third kappa shape index (κ3) is 2.60. The number of rotatable bonds is 4. The van der Waals surface area contributed by atoms with Crippen LogP contribution in [0.4, 0.5) is 0 Å². The second kappa shape index (κ2) is 4.80. The van der Waals surface area contributed by atoms with E-state index in [1.54, 1.807) is 0 Å². The fourth-order valence-corrected chi connectivity index (χ4v) is 2.79. The summed E-state index contributed by atoms with van der Waals surface area (Å²) in [6, 6.07) is 10.9. The molecule has 1 saturated heterocycles. The van der Waals surface area contributed by atoms with Gasteiger partial charge in [0.15, 0.2) is 0 Å². The van der Waals surface area contributed by atoms with Gasteiger partial charge in [-0.15, -0.1) is 0 Å². The molecule has 1 aliphatic rings. The van der Waals surface area contributed by atoms with E-state index in [1.807, 2.05) is 0 Å². The Morgan fingerprint density at radius 2 is 2.07 bits per heavy atom. The quantitative estimate of drug-likeness (QED) is 0.792. The number of hydrogen-bond acceptors (Lipinski definition) is 1. The molecule has 0 aromatic heterocycles. The SMILES string of the molecule is CCC[C@]1(Cc2ccccc2)CCCN1. The number of benzene rings is 1. The van der Waals surface area contributed by atoms with Gasteiger partial charge in [-0.2, -0.15) is 0 Å². The predicted molar refractivity (Wildman–Crippen MR) is 65.0 cm³/mol. The monoisotopic (exact) mass is 203 g/mol. The van der Waals surface area contributed by atoms with Crippen LogP contribution >= 0.6 is 0 Å². The molecule has 1 aromatic rings. The van der Waals surface area contributed by atoms with E-state index in [9.17, 15) is 0 Å². The van der Waals surface area contributed by atoms with E-state index in [-0.39, 0.29) is 0 Å². The van der Waals surface area contributed by atoms with Crippen LogP contribution in [0.25, 0.3) is 0 Å². The maximum Gasteiger partial charge on any atom is 0.0222 e. The topological polar surface area (TPSA) is 12.0 Å². The summed E-state index contributed by atoms with van der Waals surface area (Å²) in [4.78, 5) is 0. The molecule has 1 fully saturated rings. The van der Waals surface area contributed by atoms with Crippen molar-refractivity contribution in [2.75, 3.05) is 6.54 Å². The zero-order valence-electron chi connectivity index (χ0n) is 9.63. The average Bonchev–Trinajstić information content (AvgIpc) is 2.69. The molecule has 0 radical (unpaired) electrons. The van der Waals surface area contributed by atoms with Gasteiger partial charge in [0.1, 0.15) is 0 Å². The first kappa shape index (κ1) is 10.7. The van der Waals surface area contributed by atoms with Crippen LogP contribution in [0.5, 0.6) is 0 Å². The molecular weight excluding hydrogens is 182 g/mol. The molecule has 82 valence electrons. The third-order valence-electron chi connectivity index (χ3n) is 3.45. The van der Waals surface area contributed by atoms with E-state index in [4.69, 9.17) is 0 Å². The van der Waals surface area contributed by atoms with Crippen molar-refractivity contribution in [3.63, 3.8) is 0 Å². The zero-order chi connectivity index (χ0) is 10.6. The van der Waals surface area contributed by atoms with E-state index in [0.29, 0.717) is 5.54 Å². The van der Waals surface area contributed by atoms with Gasteiger partial charge in [0.2, 0.25) is 0 Å². The summed E-state index contributed by atoms with van der Waals surface area (Å²) in [7, 11) is 0. The first-order valence-electron chi connectivity index (χ1n) is 6.14. The molecule has 0 bridgehead atoms. The number of hydrogen-bond donors (Lipinski definition) is 1. The summed E-state index contributed by atoms with van der Waals surface area (Å²) in [6.45, 7) is 3.49. The fraction of sp³-hybridized carbons (Fsp3) is 0.571. The van der Waals surface area contributed by atoms with Crippen LogP contribution in [-0.4, -0.2) is 12.1 Å². The maximum atomic E-state index is 3.72. The van der Waals surface area contributed by atoms with Crippen LogP contribution in [0.15, 0.2) is 30.3 Å². The fourth-order valence-electron chi connectivity index (χ4n) is 2.79. The van der Waals surface area contributed by atoms with Crippen molar-refractivity contribution in [3.05, 3.63) is 35.9 Å². The van der Waals surface area contributed by atoms with E-state index < -0.39 is 0 Å². The van der Waals surface area contributed by atoms with Crippen molar-refractivity contribution in [2.45, 2.75) is 44.6 Å². The summed E-state index contributed by atoms with van der Waals surface area (Å²) < 4.78 is 0. The Morgan fingerprint density at radius 1 is 1.27 bits per heavy atom. The average molecular weight is 203 g/mol. The van der Waals surface area contributed by atoms with Gasteiger partial charge in [-0.25, -0.2) is 0 Å². The minimum Gasteiger partial charge on any atom is -0.311 e. The second-order valence-electron chi connectivity index (χ2n) is 4.72. The third-order valence-corrected chi connectivity index (χ3v) is 3.45. The van der Waals surface area contributed by atoms with Crippen LogP contribution in [0, 0.1) is 0 Å². The second-order valence-corrected chi connectivity index (χ2v) is 4.72. The summed E-state index contributed by atoms with van der Waals surface area (Å²) in [5, 5.41) is 3.72. The maximum absolute atomic E-state index is 3.72. The van der Waals surface area contributed by atoms with Gasteiger partial charge in [0.05, 0.1) is 0 Å². The Hall–Kier alpha value is -0.820. The largest absolute Gasteiger partial charge is 0.311 e. The Morgan fingerprint density at radius 3 is 2.67 bits per heavy atom. The highest BCUT2D eigenvalue weighted by Gasteiger charge is 2.32. The van der Waals surface area contributed by atoms with Crippen LogP contribution in [0.1, 0.15) is 38.2 Å². The molecule has 0 spiro atoms. The summed E-state index contributed by atoms with van der Waals surface area (Å²) in [5.41, 5.74) is 1.87. The predicted octanol–water partition coefficient (Wildman–Crippen LogP) is 3.15. The van der Waals surface area contributed by atoms with Crippen molar-refractivity contribution < 1.29 is 0 Å². The minimum absolute atomic E-state index is 0.399. The molecular formula is C14H21N. The van der Waals surface area contributed by atoms with Gasteiger partial charge >= 0.3 is 0 Å². The van der Waals surface area contributed by atoms with Crippen LogP contribution in [-0.2, 0) is 6.42 Å². The molecule has 2 rings (SSSR count). The molecule has 1 aromatic carbocycles. The molecule has 15 heavy (non-hydrogen) atoms. The van der Waals surface area contributed by atoms with Gasteiger partial charge in [0.25, 0.3) is 0 Å². The highest BCUT2D eigenvalue weighted by Crippen LogP contribution is 2.28. The Bertz CT molecular complexity index is 285. The normalized spacial score (nSPS) is 25.7. The molecule has 0 saturated carbocycles. The lowest BCUT2D eigenvalue weighted by Gasteiger charge is -2.29. The highest BCUT2D eigenvalue weighted by molar-refractivity contribution is 5.18.